The molecule has 3 aromatic carbocycles. The molecule has 0 aliphatic carbocycles. The number of aromatic nitrogens is 1. The summed E-state index contributed by atoms with van der Waals surface area (Å²) >= 11 is 0. The topological polar surface area (TPSA) is 102 Å². The van der Waals surface area contributed by atoms with Gasteiger partial charge in [0.15, 0.2) is 11.5 Å². The second-order valence-corrected chi connectivity index (χ2v) is 7.91. The maximum Gasteiger partial charge on any atom is 0.345 e. The van der Waals surface area contributed by atoms with E-state index in [0.29, 0.717) is 46.3 Å². The molecule has 0 aliphatic rings. The van der Waals surface area contributed by atoms with E-state index >= 15 is 0 Å². The molecule has 1 heterocycles. The smallest absolute Gasteiger partial charge is 0.345 e. The van der Waals surface area contributed by atoms with Crippen molar-refractivity contribution in [1.29, 1.82) is 0 Å². The Kier molecular flexibility index (Phi) is 7.20. The lowest BCUT2D eigenvalue weighted by Gasteiger charge is -2.25. The van der Waals surface area contributed by atoms with E-state index in [9.17, 15) is 9.59 Å². The lowest BCUT2D eigenvalue weighted by atomic mass is 10.1. The molecule has 9 nitrogen and oxygen atoms in total. The highest BCUT2D eigenvalue weighted by molar-refractivity contribution is 6.03. The lowest BCUT2D eigenvalue weighted by molar-refractivity contribution is -0.109. The van der Waals surface area contributed by atoms with Gasteiger partial charge in [-0.05, 0) is 61.4 Å². The number of carbonyl (C=O) groups excluding carboxylic acids is 2. The third kappa shape index (κ3) is 5.00. The van der Waals surface area contributed by atoms with Crippen molar-refractivity contribution in [2.24, 2.45) is 0 Å². The van der Waals surface area contributed by atoms with Crippen LogP contribution >= 0.6 is 0 Å². The van der Waals surface area contributed by atoms with Gasteiger partial charge >= 0.3 is 6.03 Å². The third-order valence-electron chi connectivity index (χ3n) is 5.59. The van der Waals surface area contributed by atoms with Crippen molar-refractivity contribution in [2.75, 3.05) is 24.5 Å². The molecular weight excluding hydrogens is 460 g/mol. The molecule has 4 rings (SSSR count). The van der Waals surface area contributed by atoms with Crippen molar-refractivity contribution >= 4 is 34.7 Å². The summed E-state index contributed by atoms with van der Waals surface area (Å²) in [7, 11) is 3.14. The molecule has 0 fully saturated rings. The lowest BCUT2D eigenvalue weighted by Crippen LogP contribution is -2.45. The molecule has 0 bridgehead atoms. The maximum atomic E-state index is 13.0. The number of hydrazine groups is 1. The summed E-state index contributed by atoms with van der Waals surface area (Å²) in [4.78, 5) is 28.5. The predicted octanol–water partition coefficient (Wildman–Crippen LogP) is 5.36. The van der Waals surface area contributed by atoms with Gasteiger partial charge in [-0.1, -0.05) is 18.2 Å². The van der Waals surface area contributed by atoms with Crippen LogP contribution in [0.5, 0.6) is 23.0 Å². The summed E-state index contributed by atoms with van der Waals surface area (Å²) in [6, 6.07) is 17.4. The number of methoxy groups -OCH3 is 2. The zero-order chi connectivity index (χ0) is 25.7. The minimum Gasteiger partial charge on any atom is -0.493 e. The van der Waals surface area contributed by atoms with Crippen molar-refractivity contribution in [3.05, 3.63) is 78.0 Å². The van der Waals surface area contributed by atoms with Crippen molar-refractivity contribution < 1.29 is 23.8 Å². The number of anilines is 2. The minimum atomic E-state index is -0.505. The van der Waals surface area contributed by atoms with Gasteiger partial charge in [0.1, 0.15) is 11.5 Å². The Morgan fingerprint density at radius 2 is 1.58 bits per heavy atom. The van der Waals surface area contributed by atoms with Crippen LogP contribution < -0.4 is 30.0 Å². The summed E-state index contributed by atoms with van der Waals surface area (Å²) in [5.41, 5.74) is 6.01. The number of carbonyl (C=O) groups is 2. The number of hydrogen-bond donors (Lipinski definition) is 2. The van der Waals surface area contributed by atoms with Gasteiger partial charge in [-0.2, -0.15) is 0 Å². The number of nitrogens with zero attached hydrogens (tertiary/aromatic N) is 2. The Morgan fingerprint density at radius 3 is 2.22 bits per heavy atom. The van der Waals surface area contributed by atoms with E-state index in [4.69, 9.17) is 14.2 Å². The molecule has 0 atom stereocenters. The van der Waals surface area contributed by atoms with Gasteiger partial charge in [0.25, 0.3) is 0 Å². The van der Waals surface area contributed by atoms with Gasteiger partial charge in [0, 0.05) is 23.3 Å². The molecule has 0 spiro atoms. The van der Waals surface area contributed by atoms with Gasteiger partial charge in [-0.15, -0.1) is 0 Å². The Hall–Kier alpha value is -4.79. The summed E-state index contributed by atoms with van der Waals surface area (Å²) in [5, 5.41) is 4.75. The normalized spacial score (nSPS) is 10.4. The van der Waals surface area contributed by atoms with Crippen LogP contribution in [0.25, 0.3) is 10.9 Å². The molecule has 184 valence electrons. The number of nitrogens with one attached hydrogen (secondary N) is 2. The third-order valence-corrected chi connectivity index (χ3v) is 5.59. The zero-order valence-corrected chi connectivity index (χ0v) is 20.4. The van der Waals surface area contributed by atoms with Crippen LogP contribution in [0, 0.1) is 13.8 Å². The molecule has 9 heteroatoms. The average Bonchev–Trinajstić information content (AvgIpc) is 2.88. The van der Waals surface area contributed by atoms with E-state index < -0.39 is 6.03 Å². The number of para-hydroxylation sites is 1. The first-order valence-electron chi connectivity index (χ1n) is 11.1. The Labute approximate surface area is 208 Å². The van der Waals surface area contributed by atoms with Crippen LogP contribution in [0.15, 0.2) is 66.9 Å². The second-order valence-electron chi connectivity index (χ2n) is 7.91. The van der Waals surface area contributed by atoms with Crippen LogP contribution in [-0.4, -0.2) is 31.6 Å². The number of fused-ring (bicyclic) bond motifs is 1. The second kappa shape index (κ2) is 10.6. The predicted molar refractivity (Wildman–Crippen MR) is 138 cm³/mol. The molecule has 0 saturated heterocycles. The van der Waals surface area contributed by atoms with E-state index in [2.05, 4.69) is 15.7 Å². The fourth-order valence-corrected chi connectivity index (χ4v) is 3.88. The molecule has 2 N–H and O–H groups in total. The fourth-order valence-electron chi connectivity index (χ4n) is 3.88. The molecular formula is C27H26N4O5. The molecule has 0 radical (unpaired) electrons. The van der Waals surface area contributed by atoms with Crippen LogP contribution in [-0.2, 0) is 4.79 Å². The number of benzene rings is 3. The Morgan fingerprint density at radius 1 is 0.917 bits per heavy atom. The number of aryl methyl sites for hydroxylation is 2. The van der Waals surface area contributed by atoms with Crippen LogP contribution in [0.1, 0.15) is 11.1 Å². The number of rotatable bonds is 8. The molecule has 0 aliphatic heterocycles. The molecule has 0 unspecified atom stereocenters. The van der Waals surface area contributed by atoms with E-state index in [0.717, 1.165) is 16.5 Å². The van der Waals surface area contributed by atoms with E-state index in [1.165, 1.54) is 5.01 Å². The van der Waals surface area contributed by atoms with Gasteiger partial charge in [0.2, 0.25) is 6.41 Å². The first kappa shape index (κ1) is 24.3. The summed E-state index contributed by atoms with van der Waals surface area (Å²) in [6.07, 6.45) is 2.12. The first-order valence-corrected chi connectivity index (χ1v) is 11.1. The highest BCUT2D eigenvalue weighted by Gasteiger charge is 2.19. The highest BCUT2D eigenvalue weighted by Crippen LogP contribution is 2.37. The van der Waals surface area contributed by atoms with Gasteiger partial charge < -0.3 is 19.5 Å². The van der Waals surface area contributed by atoms with Crippen molar-refractivity contribution in [3.8, 4) is 23.0 Å². The molecule has 1 aromatic heterocycles. The Bertz CT molecular complexity index is 1390. The highest BCUT2D eigenvalue weighted by atomic mass is 16.5. The van der Waals surface area contributed by atoms with Gasteiger partial charge in [-0.25, -0.2) is 9.80 Å². The zero-order valence-electron chi connectivity index (χ0n) is 20.4. The fraction of sp³-hybridized carbons (Fsp3) is 0.148. The standard InChI is InChI=1S/C27H26N4O5/c1-17-6-5-7-18(2)26(17)31(29-16-32)27(33)30-19-8-10-20(11-9-19)36-23-12-13-28-22-15-25(35-4)24(34-3)14-21(22)23/h5-16H,1-4H3,(H,29,32)(H,30,33). The van der Waals surface area contributed by atoms with Gasteiger partial charge in [-0.3, -0.25) is 15.2 Å². The molecule has 4 aromatic rings. The number of ether oxygens (including phenoxy) is 3. The number of pyridine rings is 1. The number of urea groups is 1. The monoisotopic (exact) mass is 486 g/mol. The van der Waals surface area contributed by atoms with Crippen molar-refractivity contribution in [1.82, 2.24) is 10.4 Å². The summed E-state index contributed by atoms with van der Waals surface area (Å²) in [6.45, 7) is 3.74. The van der Waals surface area contributed by atoms with Crippen molar-refractivity contribution in [3.63, 3.8) is 0 Å². The van der Waals surface area contributed by atoms with Crippen LogP contribution in [0.4, 0.5) is 16.2 Å². The molecule has 3 amide bonds. The first-order chi connectivity index (χ1) is 17.4. The maximum absolute atomic E-state index is 13.0. The quantitative estimate of drug-likeness (QED) is 0.257. The SMILES string of the molecule is COc1cc2nccc(Oc3ccc(NC(=O)N(NC=O)c4c(C)cccc4C)cc3)c2cc1OC. The minimum absolute atomic E-state index is 0.464. The van der Waals surface area contributed by atoms with Crippen molar-refractivity contribution in [2.45, 2.75) is 13.8 Å². The van der Waals surface area contributed by atoms with E-state index in [1.54, 1.807) is 56.8 Å². The van der Waals surface area contributed by atoms with E-state index in [-0.39, 0.29) is 0 Å². The summed E-state index contributed by atoms with van der Waals surface area (Å²) < 4.78 is 16.9. The largest absolute Gasteiger partial charge is 0.493 e. The average molecular weight is 487 g/mol. The number of amides is 3. The van der Waals surface area contributed by atoms with Gasteiger partial charge in [0.05, 0.1) is 25.4 Å². The Balaban J connectivity index is 1.54. The molecule has 36 heavy (non-hydrogen) atoms. The summed E-state index contributed by atoms with van der Waals surface area (Å²) in [5.74, 6) is 2.30. The molecule has 0 saturated carbocycles. The van der Waals surface area contributed by atoms with Crippen LogP contribution in [0.3, 0.4) is 0 Å². The van der Waals surface area contributed by atoms with Crippen LogP contribution in [0.2, 0.25) is 0 Å². The van der Waals surface area contributed by atoms with E-state index in [1.807, 2.05) is 38.1 Å². The number of hydrogen-bond acceptors (Lipinski definition) is 6.